The second-order valence-electron chi connectivity index (χ2n) is 4.97. The first-order valence-corrected chi connectivity index (χ1v) is 7.55. The molecule has 106 valence electrons. The minimum atomic E-state index is -0.0727. The lowest BCUT2D eigenvalue weighted by molar-refractivity contribution is -0.0355. The number of nitrogens with one attached hydrogen (secondary N) is 1. The van der Waals surface area contributed by atoms with Gasteiger partial charge in [0.1, 0.15) is 0 Å². The van der Waals surface area contributed by atoms with Crippen molar-refractivity contribution in [3.63, 3.8) is 0 Å². The fourth-order valence-electron chi connectivity index (χ4n) is 2.35. The maximum atomic E-state index is 12.3. The number of rotatable bonds is 1. The van der Waals surface area contributed by atoms with E-state index in [1.54, 1.807) is 11.3 Å². The minimum absolute atomic E-state index is 0.0680. The van der Waals surface area contributed by atoms with Crippen molar-refractivity contribution in [3.8, 4) is 0 Å². The van der Waals surface area contributed by atoms with Crippen molar-refractivity contribution in [1.82, 2.24) is 9.88 Å². The highest BCUT2D eigenvalue weighted by Gasteiger charge is 2.29. The van der Waals surface area contributed by atoms with E-state index in [1.807, 2.05) is 42.5 Å². The lowest BCUT2D eigenvalue weighted by Crippen LogP contribution is -2.52. The number of urea groups is 1. The van der Waals surface area contributed by atoms with Gasteiger partial charge in [-0.15, -0.1) is 11.3 Å². The summed E-state index contributed by atoms with van der Waals surface area (Å²) in [5.41, 5.74) is 3.57. The highest BCUT2D eigenvalue weighted by molar-refractivity contribution is 7.16. The van der Waals surface area contributed by atoms with E-state index in [0.29, 0.717) is 13.2 Å². The van der Waals surface area contributed by atoms with Gasteiger partial charge in [-0.3, -0.25) is 0 Å². The van der Waals surface area contributed by atoms with Crippen LogP contribution in [-0.4, -0.2) is 41.2 Å². The molecule has 2 heterocycles. The summed E-state index contributed by atoms with van der Waals surface area (Å²) in [6, 6.07) is 5.77. The highest BCUT2D eigenvalue weighted by Crippen LogP contribution is 2.22. The number of fused-ring (bicyclic) bond motifs is 1. The molecule has 0 saturated carbocycles. The molecule has 1 aromatic carbocycles. The molecule has 1 fully saturated rings. The molecule has 0 spiro atoms. The number of morpholine rings is 1. The molecule has 0 radical (unpaired) electrons. The van der Waals surface area contributed by atoms with Crippen LogP contribution >= 0.6 is 11.3 Å². The number of anilines is 1. The summed E-state index contributed by atoms with van der Waals surface area (Å²) in [7, 11) is 0. The topological polar surface area (TPSA) is 54.5 Å². The van der Waals surface area contributed by atoms with Gasteiger partial charge in [-0.25, -0.2) is 9.78 Å². The van der Waals surface area contributed by atoms with Gasteiger partial charge in [-0.05, 0) is 32.0 Å². The molecule has 6 heteroatoms. The van der Waals surface area contributed by atoms with E-state index >= 15 is 0 Å². The molecule has 0 aliphatic carbocycles. The molecule has 2 atom stereocenters. The second-order valence-corrected chi connectivity index (χ2v) is 5.86. The van der Waals surface area contributed by atoms with Crippen LogP contribution in [-0.2, 0) is 4.74 Å². The van der Waals surface area contributed by atoms with Gasteiger partial charge in [0.2, 0.25) is 0 Å². The minimum Gasteiger partial charge on any atom is -0.375 e. The lowest BCUT2D eigenvalue weighted by atomic mass is 10.1. The maximum absolute atomic E-state index is 12.3. The Balaban J connectivity index is 1.74. The van der Waals surface area contributed by atoms with Gasteiger partial charge in [0.25, 0.3) is 0 Å². The molecular weight excluding hydrogens is 274 g/mol. The summed E-state index contributed by atoms with van der Waals surface area (Å²) >= 11 is 1.57. The Bertz CT molecular complexity index is 628. The van der Waals surface area contributed by atoms with Crippen molar-refractivity contribution in [2.45, 2.75) is 26.0 Å². The third-order valence-corrected chi connectivity index (χ3v) is 4.52. The first kappa shape index (κ1) is 13.3. The van der Waals surface area contributed by atoms with Gasteiger partial charge in [0.05, 0.1) is 34.5 Å². The van der Waals surface area contributed by atoms with E-state index in [1.165, 1.54) is 0 Å². The summed E-state index contributed by atoms with van der Waals surface area (Å²) < 4.78 is 6.61. The van der Waals surface area contributed by atoms with Crippen molar-refractivity contribution in [3.05, 3.63) is 23.7 Å². The lowest BCUT2D eigenvalue weighted by Gasteiger charge is -2.37. The summed E-state index contributed by atoms with van der Waals surface area (Å²) in [4.78, 5) is 18.4. The molecular formula is C14H17N3O2S. The molecule has 0 bridgehead atoms. The summed E-state index contributed by atoms with van der Waals surface area (Å²) in [5, 5.41) is 2.95. The van der Waals surface area contributed by atoms with Crippen molar-refractivity contribution in [2.75, 3.05) is 18.5 Å². The van der Waals surface area contributed by atoms with Crippen LogP contribution in [0.25, 0.3) is 10.2 Å². The van der Waals surface area contributed by atoms with E-state index in [9.17, 15) is 4.79 Å². The molecule has 1 saturated heterocycles. The zero-order chi connectivity index (χ0) is 14.1. The van der Waals surface area contributed by atoms with Gasteiger partial charge in [0, 0.05) is 12.2 Å². The van der Waals surface area contributed by atoms with Crippen LogP contribution in [0.4, 0.5) is 10.5 Å². The molecule has 2 aromatic rings. The molecule has 2 amide bonds. The predicted octanol–water partition coefficient (Wildman–Crippen LogP) is 2.94. The fourth-order valence-corrected chi connectivity index (χ4v) is 3.06. The number of carbonyl (C=O) groups excluding carboxylic acids is 1. The van der Waals surface area contributed by atoms with E-state index in [0.717, 1.165) is 15.9 Å². The number of amides is 2. The average Bonchev–Trinajstić information content (AvgIpc) is 2.89. The average molecular weight is 291 g/mol. The molecule has 5 nitrogen and oxygen atoms in total. The first-order chi connectivity index (χ1) is 9.65. The first-order valence-electron chi connectivity index (χ1n) is 6.67. The van der Waals surface area contributed by atoms with Crippen LogP contribution in [0.15, 0.2) is 23.7 Å². The number of aromatic nitrogens is 1. The molecule has 1 aliphatic rings. The molecule has 20 heavy (non-hydrogen) atoms. The van der Waals surface area contributed by atoms with Gasteiger partial charge in [-0.2, -0.15) is 0 Å². The summed E-state index contributed by atoms with van der Waals surface area (Å²) in [6.07, 6.45) is 0.0680. The number of hydrogen-bond acceptors (Lipinski definition) is 4. The summed E-state index contributed by atoms with van der Waals surface area (Å²) in [6.45, 7) is 5.22. The van der Waals surface area contributed by atoms with Crippen molar-refractivity contribution >= 4 is 33.3 Å². The van der Waals surface area contributed by atoms with Crippen LogP contribution in [0.3, 0.4) is 0 Å². The standard InChI is InChI=1S/C14H17N3O2S/c1-9-10(2)19-6-5-17(9)14(18)16-11-3-4-12-13(7-11)20-8-15-12/h3-4,7-10H,5-6H2,1-2H3,(H,16,18). The SMILES string of the molecule is CC1OCCN(C(=O)Nc2ccc3ncsc3c2)C1C. The van der Waals surface area contributed by atoms with E-state index < -0.39 is 0 Å². The Hall–Kier alpha value is -1.66. The normalized spacial score (nSPS) is 23.0. The fraction of sp³-hybridized carbons (Fsp3) is 0.429. The largest absolute Gasteiger partial charge is 0.375 e. The van der Waals surface area contributed by atoms with Crippen molar-refractivity contribution in [2.24, 2.45) is 0 Å². The van der Waals surface area contributed by atoms with Crippen LogP contribution in [0.5, 0.6) is 0 Å². The van der Waals surface area contributed by atoms with Gasteiger partial charge in [0.15, 0.2) is 0 Å². The molecule has 1 N–H and O–H groups in total. The van der Waals surface area contributed by atoms with Gasteiger partial charge >= 0.3 is 6.03 Å². The number of hydrogen-bond donors (Lipinski definition) is 1. The number of thiazole rings is 1. The van der Waals surface area contributed by atoms with Crippen LogP contribution < -0.4 is 5.32 Å². The van der Waals surface area contributed by atoms with Crippen LogP contribution in [0, 0.1) is 0 Å². The molecule has 2 unspecified atom stereocenters. The van der Waals surface area contributed by atoms with Gasteiger partial charge in [-0.1, -0.05) is 0 Å². The number of ether oxygens (including phenoxy) is 1. The second kappa shape index (κ2) is 5.38. The Kier molecular flexibility index (Phi) is 3.58. The molecule has 3 rings (SSSR count). The van der Waals surface area contributed by atoms with E-state index in [-0.39, 0.29) is 18.2 Å². The smallest absolute Gasteiger partial charge is 0.322 e. The van der Waals surface area contributed by atoms with Crippen LogP contribution in [0.2, 0.25) is 0 Å². The Morgan fingerprint density at radius 2 is 2.35 bits per heavy atom. The third kappa shape index (κ3) is 2.48. The van der Waals surface area contributed by atoms with Crippen molar-refractivity contribution < 1.29 is 9.53 Å². The molecule has 1 aliphatic heterocycles. The monoisotopic (exact) mass is 291 g/mol. The van der Waals surface area contributed by atoms with E-state index in [2.05, 4.69) is 10.3 Å². The third-order valence-electron chi connectivity index (χ3n) is 3.73. The van der Waals surface area contributed by atoms with Crippen molar-refractivity contribution in [1.29, 1.82) is 0 Å². The number of carbonyl (C=O) groups is 1. The highest BCUT2D eigenvalue weighted by atomic mass is 32.1. The Morgan fingerprint density at radius 3 is 3.20 bits per heavy atom. The summed E-state index contributed by atoms with van der Waals surface area (Å²) in [5.74, 6) is 0. The molecule has 1 aromatic heterocycles. The van der Waals surface area contributed by atoms with E-state index in [4.69, 9.17) is 4.74 Å². The number of nitrogens with zero attached hydrogens (tertiary/aromatic N) is 2. The Labute approximate surface area is 121 Å². The number of benzene rings is 1. The quantitative estimate of drug-likeness (QED) is 0.879. The maximum Gasteiger partial charge on any atom is 0.322 e. The zero-order valence-corrected chi connectivity index (χ0v) is 12.3. The van der Waals surface area contributed by atoms with Gasteiger partial charge < -0.3 is 15.0 Å². The predicted molar refractivity (Wildman–Crippen MR) is 80.2 cm³/mol. The Morgan fingerprint density at radius 1 is 1.50 bits per heavy atom. The van der Waals surface area contributed by atoms with Crippen LogP contribution in [0.1, 0.15) is 13.8 Å². The zero-order valence-electron chi connectivity index (χ0n) is 11.5.